The van der Waals surface area contributed by atoms with Gasteiger partial charge in [0.2, 0.25) is 88.6 Å². The summed E-state index contributed by atoms with van der Waals surface area (Å²) in [5.41, 5.74) is 19.4. The van der Waals surface area contributed by atoms with Gasteiger partial charge in [-0.05, 0) is 119 Å². The van der Waals surface area contributed by atoms with E-state index in [1.54, 1.807) is 68.6 Å². The van der Waals surface area contributed by atoms with Crippen molar-refractivity contribution in [2.75, 3.05) is 31.1 Å². The Kier molecular flexibility index (Phi) is 38.9. The summed E-state index contributed by atoms with van der Waals surface area (Å²) >= 11 is 8.40. The quantitative estimate of drug-likeness (QED) is 0.0132. The summed E-state index contributed by atoms with van der Waals surface area (Å²) in [7, 11) is 0. The molecule has 0 aliphatic carbocycles. The Morgan fingerprint density at radius 2 is 0.934 bits per heavy atom. The molecular formula is C79H109N19O22S2. The summed E-state index contributed by atoms with van der Waals surface area (Å²) in [4.78, 5) is 254. The predicted molar refractivity (Wildman–Crippen MR) is 447 cm³/mol. The van der Waals surface area contributed by atoms with Crippen LogP contribution in [0.1, 0.15) is 122 Å². The number of hydrogen-bond acceptors (Lipinski definition) is 23. The van der Waals surface area contributed by atoms with Crippen LogP contribution in [0.4, 0.5) is 0 Å². The fraction of sp³-hybridized carbons (Fsp3) is 0.494. The average molecular weight is 1740 g/mol. The molecular weight excluding hydrogens is 1630 g/mol. The van der Waals surface area contributed by atoms with Crippen LogP contribution in [0.5, 0.6) is 5.75 Å². The summed E-state index contributed by atoms with van der Waals surface area (Å²) in [5, 5.41) is 72.7. The molecule has 1 fully saturated rings. The number of aliphatic carboxylic acids is 3. The zero-order chi connectivity index (χ0) is 90.2. The minimum atomic E-state index is -1.99. The van der Waals surface area contributed by atoms with Crippen LogP contribution in [0.3, 0.4) is 0 Å². The molecule has 14 atom stereocenters. The number of thiol groups is 2. The number of benzene rings is 3. The molecule has 1 saturated heterocycles. The molecule has 3 heterocycles. The number of primary amides is 1. The molecule has 43 heteroatoms. The molecule has 0 radical (unpaired) electrons. The molecule has 41 nitrogen and oxygen atoms in total. The number of carbonyl (C=O) groups excluding carboxylic acids is 15. The number of phenolic OH excluding ortho intramolecular Hbond substituents is 1. The topological polar surface area (TPSA) is 657 Å². The number of hydrogen-bond donors (Lipinski definition) is 24. The number of aromatic hydroxyl groups is 1. The van der Waals surface area contributed by atoms with Gasteiger partial charge < -0.3 is 122 Å². The second kappa shape index (κ2) is 48.2. The van der Waals surface area contributed by atoms with E-state index in [0.717, 1.165) is 4.90 Å². The highest BCUT2D eigenvalue weighted by molar-refractivity contribution is 7.80. The average Bonchev–Trinajstić information content (AvgIpc) is 1.66. The number of unbranched alkanes of at least 4 members (excludes halogenated alkanes) is 1. The number of para-hydroxylation sites is 2. The molecule has 1 aliphatic rings. The minimum Gasteiger partial charge on any atom is -0.508 e. The number of amides is 15. The molecule has 0 unspecified atom stereocenters. The Morgan fingerprint density at radius 3 is 1.47 bits per heavy atom. The second-order valence-electron chi connectivity index (χ2n) is 30.0. The van der Waals surface area contributed by atoms with Crippen molar-refractivity contribution in [3.05, 3.63) is 102 Å². The maximum absolute atomic E-state index is 15.2. The Balaban J connectivity index is 1.26. The molecule has 2 aromatic heterocycles. The van der Waals surface area contributed by atoms with Crippen LogP contribution in [0.2, 0.25) is 0 Å². The lowest BCUT2D eigenvalue weighted by molar-refractivity contribution is -0.144. The number of likely N-dealkylation sites (tertiary alicyclic amines) is 1. The van der Waals surface area contributed by atoms with Gasteiger partial charge in [0.05, 0.1) is 19.0 Å². The smallest absolute Gasteiger partial charge is 0.325 e. The van der Waals surface area contributed by atoms with E-state index >= 15 is 19.2 Å². The summed E-state index contributed by atoms with van der Waals surface area (Å²) in [6.07, 6.45) is -0.237. The van der Waals surface area contributed by atoms with Gasteiger partial charge in [0, 0.05) is 84.4 Å². The van der Waals surface area contributed by atoms with Gasteiger partial charge >= 0.3 is 17.9 Å². The summed E-state index contributed by atoms with van der Waals surface area (Å²) in [6, 6.07) is -2.50. The molecule has 25 N–H and O–H groups in total. The van der Waals surface area contributed by atoms with Crippen molar-refractivity contribution in [3.8, 4) is 5.75 Å². The maximum atomic E-state index is 15.2. The van der Waals surface area contributed by atoms with E-state index in [1.165, 1.54) is 51.2 Å². The fourth-order valence-corrected chi connectivity index (χ4v) is 13.7. The lowest BCUT2D eigenvalue weighted by Gasteiger charge is -2.31. The van der Waals surface area contributed by atoms with Crippen LogP contribution < -0.4 is 86.3 Å². The van der Waals surface area contributed by atoms with Crippen LogP contribution in [-0.4, -0.2) is 258 Å². The van der Waals surface area contributed by atoms with Crippen molar-refractivity contribution in [2.45, 2.75) is 209 Å². The maximum Gasteiger partial charge on any atom is 0.325 e. The molecule has 0 bridgehead atoms. The first-order valence-electron chi connectivity index (χ1n) is 39.5. The van der Waals surface area contributed by atoms with Crippen LogP contribution >= 0.6 is 25.3 Å². The number of rotatable bonds is 50. The number of carboxylic acids is 3. The van der Waals surface area contributed by atoms with E-state index in [-0.39, 0.29) is 49.6 Å². The predicted octanol–water partition coefficient (Wildman–Crippen LogP) is -3.58. The number of carbonyl (C=O) groups is 18. The largest absolute Gasteiger partial charge is 0.508 e. The molecule has 122 heavy (non-hydrogen) atoms. The van der Waals surface area contributed by atoms with Gasteiger partial charge in [0.1, 0.15) is 84.3 Å². The third kappa shape index (κ3) is 30.7. The van der Waals surface area contributed by atoms with E-state index < -0.39 is 248 Å². The molecule has 6 rings (SSSR count). The van der Waals surface area contributed by atoms with Gasteiger partial charge in [-0.1, -0.05) is 68.8 Å². The normalized spacial score (nSPS) is 15.7. The van der Waals surface area contributed by atoms with E-state index in [1.807, 2.05) is 0 Å². The lowest BCUT2D eigenvalue weighted by Crippen LogP contribution is -2.61. The van der Waals surface area contributed by atoms with Crippen molar-refractivity contribution in [3.63, 3.8) is 0 Å². The van der Waals surface area contributed by atoms with E-state index in [2.05, 4.69) is 104 Å². The van der Waals surface area contributed by atoms with E-state index in [9.17, 15) is 87.5 Å². The summed E-state index contributed by atoms with van der Waals surface area (Å²) in [5.74, 6) is -20.5. The molecule has 1 aliphatic heterocycles. The summed E-state index contributed by atoms with van der Waals surface area (Å²) in [6.45, 7) is 6.83. The minimum absolute atomic E-state index is 0.0620. The standard InChI is InChI=1S/C79H109N19O22S2/c1-39(2)29-54(71(111)97-59(37-121)75(115)87-41(4)66(106)88-42(5)79(119)120)91-73(113)56(32-45-35-84-51-17-9-7-14-48(45)51)93-69(109)52(23-25-62(82)100)89-72(112)55(31-44-34-83-50-16-8-6-13-47(44)50)92-70(110)53(24-26-64(102)103)90-77(117)61-18-12-28-98(61)78(118)58(30-43-19-21-46(99)22-20-43)95-74(114)57(33-65(104)105)94-76(116)60(38-122)96-67(107)40(3)86-63(101)36-85-68(108)49(81)15-10-11-27-80/h6-9,13-14,16-17,19-22,34-35,39-42,49,52-61,83-84,99,121-122H,10-12,15,18,23-33,36-38,80-81H2,1-5H3,(H2,82,100)(H,85,108)(H,86,101)(H,87,115)(H,88,106)(H,89,112)(H,90,117)(H,91,113)(H,92,110)(H,93,109)(H,94,116)(H,95,114)(H,96,107)(H,97,111)(H,102,103)(H,104,105)(H,119,120)/t40-,41-,42-,49-,52-,53-,54-,55-,56-,57-,58-,59+,60+,61-/m1/s1. The Labute approximate surface area is 711 Å². The first kappa shape index (κ1) is 98.4. The number of H-pyrrole nitrogens is 2. The van der Waals surface area contributed by atoms with Crippen molar-refractivity contribution in [1.82, 2.24) is 84.0 Å². The van der Waals surface area contributed by atoms with Crippen molar-refractivity contribution < 1.29 is 107 Å². The number of aromatic nitrogens is 2. The zero-order valence-corrected chi connectivity index (χ0v) is 69.7. The third-order valence-electron chi connectivity index (χ3n) is 19.8. The lowest BCUT2D eigenvalue weighted by atomic mass is 9.99. The molecule has 15 amide bonds. The number of carboxylic acid groups (broad SMARTS) is 3. The van der Waals surface area contributed by atoms with Crippen LogP contribution in [0, 0.1) is 5.92 Å². The highest BCUT2D eigenvalue weighted by atomic mass is 32.1. The van der Waals surface area contributed by atoms with Crippen molar-refractivity contribution >= 4 is 154 Å². The van der Waals surface area contributed by atoms with Crippen molar-refractivity contribution in [2.24, 2.45) is 23.1 Å². The van der Waals surface area contributed by atoms with Gasteiger partial charge in [0.25, 0.3) is 0 Å². The van der Waals surface area contributed by atoms with Crippen LogP contribution in [0.25, 0.3) is 21.8 Å². The first-order valence-corrected chi connectivity index (χ1v) is 40.8. The Hall–Kier alpha value is -12.4. The monoisotopic (exact) mass is 1740 g/mol. The highest BCUT2D eigenvalue weighted by Gasteiger charge is 2.42. The SMILES string of the molecule is CC(C)C[C@@H](NC(=O)[C@@H](Cc1c[nH]c2ccccc12)NC(=O)[C@@H](CCC(N)=O)NC(=O)[C@@H](Cc1c[nH]c2ccccc12)NC(=O)[C@@H](CCC(=O)O)NC(=O)[C@H]1CCCN1C(=O)[C@@H](Cc1ccc(O)cc1)NC(=O)[C@@H](CC(=O)O)NC(=O)[C@H](CS)NC(=O)[C@@H](C)NC(=O)CNC(=O)[C@H](N)CCCCN)C(=O)N[C@@H](CS)C(=O)N[C@H](C)C(=O)N[C@H](C)C(=O)O. The van der Waals surface area contributed by atoms with Gasteiger partial charge in [0.15, 0.2) is 0 Å². The Bertz CT molecular complexity index is 4580. The number of phenols is 1. The summed E-state index contributed by atoms with van der Waals surface area (Å²) < 4.78 is 0. The Morgan fingerprint density at radius 1 is 0.484 bits per heavy atom. The third-order valence-corrected chi connectivity index (χ3v) is 20.6. The molecule has 5 aromatic rings. The van der Waals surface area contributed by atoms with E-state index in [0.29, 0.717) is 64.3 Å². The van der Waals surface area contributed by atoms with Crippen LogP contribution in [0.15, 0.2) is 85.2 Å². The number of nitrogens with two attached hydrogens (primary N) is 3. The zero-order valence-electron chi connectivity index (χ0n) is 67.9. The van der Waals surface area contributed by atoms with Gasteiger partial charge in [-0.15, -0.1) is 0 Å². The van der Waals surface area contributed by atoms with E-state index in [4.69, 9.17) is 17.2 Å². The number of aromatic amines is 2. The molecule has 3 aromatic carbocycles. The van der Waals surface area contributed by atoms with Crippen LogP contribution in [-0.2, 0) is 106 Å². The van der Waals surface area contributed by atoms with Gasteiger partial charge in [-0.2, -0.15) is 25.3 Å². The highest BCUT2D eigenvalue weighted by Crippen LogP contribution is 2.25. The molecule has 0 spiro atoms. The van der Waals surface area contributed by atoms with Gasteiger partial charge in [-0.3, -0.25) is 86.3 Å². The number of nitrogens with one attached hydrogen (secondary N) is 15. The number of nitrogens with zero attached hydrogens (tertiary/aromatic N) is 1. The van der Waals surface area contributed by atoms with Crippen molar-refractivity contribution in [1.29, 1.82) is 0 Å². The number of fused-ring (bicyclic) bond motifs is 2. The fourth-order valence-electron chi connectivity index (χ4n) is 13.1. The van der Waals surface area contributed by atoms with Gasteiger partial charge in [-0.25, -0.2) is 0 Å². The second-order valence-corrected chi connectivity index (χ2v) is 30.7. The first-order chi connectivity index (χ1) is 57.8. The molecule has 664 valence electrons. The molecule has 0 saturated carbocycles.